The summed E-state index contributed by atoms with van der Waals surface area (Å²) in [6, 6.07) is 14.3. The second-order valence-electron chi connectivity index (χ2n) is 7.04. The van der Waals surface area contributed by atoms with Gasteiger partial charge in [-0.15, -0.1) is 22.7 Å². The highest BCUT2D eigenvalue weighted by atomic mass is 32.1. The van der Waals surface area contributed by atoms with Crippen molar-refractivity contribution in [2.45, 2.75) is 39.5 Å². The molecule has 0 saturated heterocycles. The quantitative estimate of drug-likeness (QED) is 0.363. The fraction of sp³-hybridized carbons (Fsp3) is 0.200. The maximum absolute atomic E-state index is 3.91. The van der Waals surface area contributed by atoms with Crippen LogP contribution in [0, 0.1) is 47.4 Å². The minimum Gasteiger partial charge on any atom is -0.132 e. The van der Waals surface area contributed by atoms with Crippen LogP contribution >= 0.6 is 22.7 Å². The van der Waals surface area contributed by atoms with E-state index in [0.717, 1.165) is 52.1 Å². The predicted molar refractivity (Wildman–Crippen MR) is 141 cm³/mol. The van der Waals surface area contributed by atoms with Gasteiger partial charge in [0.15, 0.2) is 0 Å². The minimum absolute atomic E-state index is 0.894. The van der Waals surface area contributed by atoms with Crippen LogP contribution in [-0.2, 0) is 12.8 Å². The fourth-order valence-electron chi connectivity index (χ4n) is 2.96. The fourth-order valence-corrected chi connectivity index (χ4v) is 4.89. The van der Waals surface area contributed by atoms with Gasteiger partial charge < -0.3 is 0 Å². The molecule has 2 aromatic heterocycles. The minimum atomic E-state index is 0.894. The molecule has 0 aliphatic rings. The summed E-state index contributed by atoms with van der Waals surface area (Å²) < 4.78 is 0. The lowest BCUT2D eigenvalue weighted by molar-refractivity contribution is 0.940. The maximum atomic E-state index is 3.91. The summed E-state index contributed by atoms with van der Waals surface area (Å²) in [6.45, 7) is 8.28. The van der Waals surface area contributed by atoms with E-state index in [1.165, 1.54) is 9.75 Å². The lowest BCUT2D eigenvalue weighted by Crippen LogP contribution is -1.84. The van der Waals surface area contributed by atoms with Crippen LogP contribution in [0.25, 0.3) is 6.08 Å². The zero-order valence-corrected chi connectivity index (χ0v) is 20.1. The summed E-state index contributed by atoms with van der Waals surface area (Å²) in [7, 11) is 0. The first-order valence-electron chi connectivity index (χ1n) is 10.7. The zero-order valence-electron chi connectivity index (χ0n) is 18.5. The van der Waals surface area contributed by atoms with Crippen molar-refractivity contribution in [2.75, 3.05) is 0 Å². The van der Waals surface area contributed by atoms with Gasteiger partial charge in [0.1, 0.15) is 0 Å². The van der Waals surface area contributed by atoms with E-state index < -0.39 is 0 Å². The third kappa shape index (κ3) is 7.09. The molecule has 32 heavy (non-hydrogen) atoms. The highest BCUT2D eigenvalue weighted by Gasteiger charge is 1.98. The van der Waals surface area contributed by atoms with E-state index in [2.05, 4.69) is 92.1 Å². The first-order chi connectivity index (χ1) is 15.7. The van der Waals surface area contributed by atoms with Crippen LogP contribution in [0.15, 0.2) is 49.0 Å². The molecule has 0 aliphatic heterocycles. The van der Waals surface area contributed by atoms with Crippen LogP contribution < -0.4 is 0 Å². The van der Waals surface area contributed by atoms with Crippen LogP contribution in [0.4, 0.5) is 0 Å². The Morgan fingerprint density at radius 2 is 1.28 bits per heavy atom. The summed E-state index contributed by atoms with van der Waals surface area (Å²) >= 11 is 3.48. The molecule has 0 N–H and O–H groups in total. The molecule has 156 valence electrons. The molecule has 0 saturated carbocycles. The number of aryl methyl sites for hydroxylation is 2. The van der Waals surface area contributed by atoms with Gasteiger partial charge in [-0.1, -0.05) is 51.2 Å². The third-order valence-electron chi connectivity index (χ3n) is 4.49. The monoisotopic (exact) mass is 448 g/mol. The summed E-state index contributed by atoms with van der Waals surface area (Å²) in [4.78, 5) is 4.86. The van der Waals surface area contributed by atoms with Crippen LogP contribution in [-0.4, -0.2) is 0 Å². The highest BCUT2D eigenvalue weighted by Crippen LogP contribution is 2.17. The van der Waals surface area contributed by atoms with Gasteiger partial charge in [-0.2, -0.15) is 0 Å². The molecule has 3 rings (SSSR count). The van der Waals surface area contributed by atoms with E-state index >= 15 is 0 Å². The Labute approximate surface area is 200 Å². The SMILES string of the molecule is C=Cc1cc(C#CC#Cc2ccc(CCC)s2)ccc1C#CC#Cc1ccc(CCC)s1. The Morgan fingerprint density at radius 1 is 0.719 bits per heavy atom. The maximum Gasteiger partial charge on any atom is 0.0781 e. The first kappa shape index (κ1) is 23.3. The molecule has 0 nitrogen and oxygen atoms in total. The van der Waals surface area contributed by atoms with Gasteiger partial charge in [-0.05, 0) is 96.4 Å². The summed E-state index contributed by atoms with van der Waals surface area (Å²) in [5.74, 6) is 24.3. The van der Waals surface area contributed by atoms with Gasteiger partial charge in [-0.3, -0.25) is 0 Å². The molecule has 0 amide bonds. The van der Waals surface area contributed by atoms with Gasteiger partial charge in [0, 0.05) is 20.9 Å². The van der Waals surface area contributed by atoms with E-state index in [4.69, 9.17) is 0 Å². The number of rotatable bonds is 5. The van der Waals surface area contributed by atoms with Gasteiger partial charge in [0.2, 0.25) is 0 Å². The number of thiophene rings is 2. The Balaban J connectivity index is 1.68. The van der Waals surface area contributed by atoms with E-state index in [1.54, 1.807) is 28.7 Å². The molecule has 0 spiro atoms. The molecule has 0 bridgehead atoms. The first-order valence-corrected chi connectivity index (χ1v) is 12.3. The molecular weight excluding hydrogens is 424 g/mol. The van der Waals surface area contributed by atoms with Crippen molar-refractivity contribution in [3.63, 3.8) is 0 Å². The van der Waals surface area contributed by atoms with Crippen LogP contribution in [0.3, 0.4) is 0 Å². The normalized spacial score (nSPS) is 9.19. The smallest absolute Gasteiger partial charge is 0.0781 e. The largest absolute Gasteiger partial charge is 0.132 e. The molecule has 1 aromatic carbocycles. The lowest BCUT2D eigenvalue weighted by atomic mass is 10.0. The predicted octanol–water partition coefficient (Wildman–Crippen LogP) is 7.16. The van der Waals surface area contributed by atoms with E-state index in [0.29, 0.717) is 0 Å². The number of benzene rings is 1. The van der Waals surface area contributed by atoms with Gasteiger partial charge >= 0.3 is 0 Å². The van der Waals surface area contributed by atoms with Gasteiger partial charge in [0.05, 0.1) is 9.75 Å². The number of hydrogen-bond acceptors (Lipinski definition) is 2. The lowest BCUT2D eigenvalue weighted by Gasteiger charge is -1.98. The Bertz CT molecular complexity index is 1330. The average molecular weight is 449 g/mol. The van der Waals surface area contributed by atoms with Crippen molar-refractivity contribution in [1.82, 2.24) is 0 Å². The average Bonchev–Trinajstić information content (AvgIpc) is 3.44. The van der Waals surface area contributed by atoms with Gasteiger partial charge in [0.25, 0.3) is 0 Å². The van der Waals surface area contributed by atoms with Gasteiger partial charge in [-0.25, -0.2) is 0 Å². The Hall–Kier alpha value is -3.40. The van der Waals surface area contributed by atoms with Crippen molar-refractivity contribution in [1.29, 1.82) is 0 Å². The third-order valence-corrected chi connectivity index (χ3v) is 6.61. The molecule has 0 aliphatic carbocycles. The summed E-state index contributed by atoms with van der Waals surface area (Å²) in [6.07, 6.45) is 6.32. The number of hydrogen-bond donors (Lipinski definition) is 0. The van der Waals surface area contributed by atoms with E-state index in [1.807, 2.05) is 18.2 Å². The highest BCUT2D eigenvalue weighted by molar-refractivity contribution is 7.12. The van der Waals surface area contributed by atoms with Crippen LogP contribution in [0.1, 0.15) is 62.9 Å². The molecular formula is C30H24S2. The van der Waals surface area contributed by atoms with Crippen molar-refractivity contribution in [3.05, 3.63) is 85.2 Å². The molecule has 2 heterocycles. The van der Waals surface area contributed by atoms with E-state index in [9.17, 15) is 0 Å². The molecule has 3 aromatic rings. The second kappa shape index (κ2) is 12.5. The van der Waals surface area contributed by atoms with Crippen LogP contribution in [0.2, 0.25) is 0 Å². The standard InChI is InChI=1S/C30H24S2/c1-4-11-27-19-21-29(31-27)15-9-7-13-24-17-18-26(25(6-3)23-24)14-8-10-16-30-22-20-28(32-30)12-5-2/h6,17-23H,3-5,11-12H2,1-2H3. The van der Waals surface area contributed by atoms with Crippen molar-refractivity contribution in [2.24, 2.45) is 0 Å². The summed E-state index contributed by atoms with van der Waals surface area (Å²) in [5.41, 5.74) is 2.74. The Kier molecular flexibility index (Phi) is 9.05. The molecule has 0 fully saturated rings. The molecule has 0 atom stereocenters. The summed E-state index contributed by atoms with van der Waals surface area (Å²) in [5, 5.41) is 0. The van der Waals surface area contributed by atoms with Crippen LogP contribution in [0.5, 0.6) is 0 Å². The topological polar surface area (TPSA) is 0 Å². The second-order valence-corrected chi connectivity index (χ2v) is 9.37. The van der Waals surface area contributed by atoms with Crippen molar-refractivity contribution >= 4 is 28.7 Å². The van der Waals surface area contributed by atoms with Crippen molar-refractivity contribution < 1.29 is 0 Å². The van der Waals surface area contributed by atoms with E-state index in [-0.39, 0.29) is 0 Å². The molecule has 0 radical (unpaired) electrons. The Morgan fingerprint density at radius 3 is 1.84 bits per heavy atom. The molecule has 2 heteroatoms. The van der Waals surface area contributed by atoms with Crippen molar-refractivity contribution in [3.8, 4) is 47.4 Å². The molecule has 0 unspecified atom stereocenters. The zero-order chi connectivity index (χ0) is 22.6.